The minimum atomic E-state index is -3.41. The molecule has 0 aliphatic carbocycles. The molecule has 2 aromatic carbocycles. The normalized spacial score (nSPS) is 13.0. The van der Waals surface area contributed by atoms with Crippen molar-refractivity contribution in [2.45, 2.75) is 65.3 Å². The van der Waals surface area contributed by atoms with E-state index < -0.39 is 36.3 Å². The predicted octanol–water partition coefficient (Wildman–Crippen LogP) is 10.8. The molecule has 8 nitrogen and oxygen atoms in total. The van der Waals surface area contributed by atoms with Crippen molar-refractivity contribution in [1.29, 1.82) is 0 Å². The summed E-state index contributed by atoms with van der Waals surface area (Å²) in [5, 5.41) is 20.1. The molecule has 2 aromatic heterocycles. The summed E-state index contributed by atoms with van der Waals surface area (Å²) >= 11 is 25.7. The summed E-state index contributed by atoms with van der Waals surface area (Å²) in [5.41, 5.74) is 6.52. The summed E-state index contributed by atoms with van der Waals surface area (Å²) in [6.45, 7) is 11.1. The molecule has 0 aliphatic rings. The third-order valence-electron chi connectivity index (χ3n) is 6.71. The van der Waals surface area contributed by atoms with E-state index in [-0.39, 0.29) is 15.8 Å². The number of benzene rings is 2. The van der Waals surface area contributed by atoms with Crippen LogP contribution in [-0.2, 0) is 5.75 Å². The number of alkyl halides is 6. The van der Waals surface area contributed by atoms with Gasteiger partial charge in [0.05, 0.1) is 14.3 Å². The molecule has 0 spiro atoms. The van der Waals surface area contributed by atoms with E-state index in [0.29, 0.717) is 17.0 Å². The molecular formula is C32H42Cl5FN2O6S2+2. The molecule has 6 N–H and O–H groups in total. The van der Waals surface area contributed by atoms with Crippen LogP contribution >= 0.6 is 79.2 Å². The van der Waals surface area contributed by atoms with Crippen LogP contribution in [-0.4, -0.2) is 39.0 Å². The summed E-state index contributed by atoms with van der Waals surface area (Å²) < 4.78 is 56.4. The standard InChI is InChI=1S/C15H18ClNO3S.C15H19NO3S.CCl4.CH3F/c1-10-7-8-11(2)13(9-10)15(16)21(19,20)14-6-4-5-12(3)17(14)18;1-11-7-8-12(2)14(9-11)10-20(18,19)15-6-4-5-13(3)16(15)17;2-1(3,4)5;1-2/h4-9,15H,1-3H3,(H2-,18,19,20);4-9H,10H2,1-3H3,(H2-,17,18,19);;1H3/p+2/i;;;1D. The van der Waals surface area contributed by atoms with Crippen molar-refractivity contribution in [3.8, 4) is 0 Å². The smallest absolute Gasteiger partial charge is 0.290 e. The first kappa shape index (κ1) is 42.4. The third kappa shape index (κ3) is 13.2. The minimum Gasteiger partial charge on any atom is -0.290 e. The Morgan fingerprint density at radius 1 is 0.729 bits per heavy atom. The van der Waals surface area contributed by atoms with Crippen LogP contribution in [0, 0.1) is 41.5 Å². The van der Waals surface area contributed by atoms with Crippen molar-refractivity contribution >= 4 is 79.2 Å². The Morgan fingerprint density at radius 2 is 1.15 bits per heavy atom. The van der Waals surface area contributed by atoms with Crippen molar-refractivity contribution in [1.82, 2.24) is 0 Å². The molecule has 0 aliphatic heterocycles. The molecule has 48 heavy (non-hydrogen) atoms. The van der Waals surface area contributed by atoms with Crippen LogP contribution in [0.2, 0.25) is 0 Å². The number of nitrogens with zero attached hydrogens (tertiary/aromatic N) is 2. The van der Waals surface area contributed by atoms with Crippen LogP contribution in [0.3, 0.4) is 0 Å². The van der Waals surface area contributed by atoms with Gasteiger partial charge >= 0.3 is 10.1 Å². The van der Waals surface area contributed by atoms with Crippen molar-refractivity contribution in [3.63, 3.8) is 0 Å². The highest BCUT2D eigenvalue weighted by molar-refractivity contribution is 8.25. The topological polar surface area (TPSA) is 129 Å². The van der Waals surface area contributed by atoms with Crippen molar-refractivity contribution in [2.75, 3.05) is 7.15 Å². The number of pyridine rings is 2. The van der Waals surface area contributed by atoms with Gasteiger partial charge in [0.25, 0.3) is 3.25 Å². The second-order valence-corrected chi connectivity index (χ2v) is 18.8. The van der Waals surface area contributed by atoms with Crippen LogP contribution in [0.15, 0.2) is 82.8 Å². The van der Waals surface area contributed by atoms with E-state index in [1.807, 2.05) is 64.1 Å². The van der Waals surface area contributed by atoms with E-state index >= 15 is 0 Å². The average molecular weight is 812 g/mol. The number of halogens is 6. The maximum atomic E-state index is 10.6. The van der Waals surface area contributed by atoms with Gasteiger partial charge in [-0.15, -0.1) is 10.6 Å². The number of hydrogen-bond donors (Lipinski definition) is 6. The molecule has 0 saturated carbocycles. The fourth-order valence-electron chi connectivity index (χ4n) is 4.18. The lowest BCUT2D eigenvalue weighted by molar-refractivity contribution is -0.937. The summed E-state index contributed by atoms with van der Waals surface area (Å²) in [4.78, 5) is 0. The van der Waals surface area contributed by atoms with Crippen molar-refractivity contribution < 1.29 is 43.8 Å². The zero-order chi connectivity index (χ0) is 37.9. The molecule has 0 saturated heterocycles. The van der Waals surface area contributed by atoms with Crippen molar-refractivity contribution in [3.05, 3.63) is 118 Å². The monoisotopic (exact) mass is 809 g/mol. The maximum absolute atomic E-state index is 10.6. The lowest BCUT2D eigenvalue weighted by atomic mass is 10.1. The molecule has 0 amide bonds. The average Bonchev–Trinajstić information content (AvgIpc) is 2.98. The number of rotatable bonds is 6. The highest BCUT2D eigenvalue weighted by Crippen LogP contribution is 2.61. The number of hydrogen-bond acceptors (Lipinski definition) is 6. The SMILES string of the molecule is Cc1ccc(C)c(C(Cl)S(O)(O)c2cccc(C)[n+]2O)c1.Cc1ccc(C)c(CS(O)(O)c2cccc(C)[n+]2O)c1.ClC(Cl)(Cl)Cl.[2H]CF. The molecule has 1 unspecified atom stereocenters. The Bertz CT molecular complexity index is 1680. The maximum Gasteiger partial charge on any atom is 0.346 e. The zero-order valence-corrected chi connectivity index (χ0v) is 32.5. The fraction of sp³-hybridized carbons (Fsp3) is 0.312. The molecule has 268 valence electrons. The molecule has 0 bridgehead atoms. The number of aromatic nitrogens is 2. The Labute approximate surface area is 311 Å². The first-order valence-corrected chi connectivity index (χ1v) is 19.1. The highest BCUT2D eigenvalue weighted by atomic mass is 35.6. The van der Waals surface area contributed by atoms with E-state index in [2.05, 4.69) is 0 Å². The van der Waals surface area contributed by atoms with Gasteiger partial charge in [0.1, 0.15) is 0 Å². The van der Waals surface area contributed by atoms with Gasteiger partial charge < -0.3 is 0 Å². The first-order valence-electron chi connectivity index (χ1n) is 14.5. The van der Waals surface area contributed by atoms with Gasteiger partial charge in [-0.25, -0.2) is 0 Å². The second-order valence-electron chi connectivity index (χ2n) is 10.6. The molecule has 0 radical (unpaired) electrons. The molecule has 4 aromatic rings. The van der Waals surface area contributed by atoms with E-state index in [0.717, 1.165) is 37.3 Å². The zero-order valence-electron chi connectivity index (χ0n) is 28.1. The van der Waals surface area contributed by atoms with Crippen LogP contribution in [0.1, 0.15) is 50.8 Å². The van der Waals surface area contributed by atoms with Gasteiger partial charge in [-0.1, -0.05) is 116 Å². The Morgan fingerprint density at radius 3 is 1.65 bits per heavy atom. The Hall–Kier alpha value is -1.74. The number of aryl methyl sites for hydroxylation is 6. The van der Waals surface area contributed by atoms with Gasteiger partial charge in [-0.3, -0.25) is 33.0 Å². The van der Waals surface area contributed by atoms with Crippen LogP contribution in [0.5, 0.6) is 0 Å². The Kier molecular flexibility index (Phi) is 16.8. The summed E-state index contributed by atoms with van der Waals surface area (Å²) in [6.07, 6.45) is 0. The van der Waals surface area contributed by atoms with Gasteiger partial charge in [0.15, 0.2) is 4.71 Å². The molecular weight excluding hydrogens is 769 g/mol. The Balaban J connectivity index is 0.000000403. The van der Waals surface area contributed by atoms with Crippen LogP contribution < -0.4 is 9.46 Å². The second kappa shape index (κ2) is 19.0. The summed E-state index contributed by atoms with van der Waals surface area (Å²) in [7, 11) is -7.50. The van der Waals surface area contributed by atoms with Gasteiger partial charge in [-0.2, -0.15) is 0 Å². The van der Waals surface area contributed by atoms with E-state index in [9.17, 15) is 33.0 Å². The van der Waals surface area contributed by atoms with E-state index in [1.54, 1.807) is 38.1 Å². The van der Waals surface area contributed by atoms with Crippen molar-refractivity contribution in [2.24, 2.45) is 0 Å². The molecule has 4 rings (SSSR count). The van der Waals surface area contributed by atoms with Crippen LogP contribution in [0.4, 0.5) is 4.39 Å². The first-order chi connectivity index (χ1) is 22.5. The summed E-state index contributed by atoms with van der Waals surface area (Å²) in [6, 6.07) is 21.3. The van der Waals surface area contributed by atoms with E-state index in [4.69, 9.17) is 59.4 Å². The quantitative estimate of drug-likeness (QED) is 0.0654. The molecule has 2 heterocycles. The van der Waals surface area contributed by atoms with Gasteiger partial charge in [0, 0.05) is 47.6 Å². The molecule has 0 fully saturated rings. The highest BCUT2D eigenvalue weighted by Gasteiger charge is 2.37. The van der Waals surface area contributed by atoms with Gasteiger partial charge in [0.2, 0.25) is 11.4 Å². The molecule has 1 atom stereocenters. The predicted molar refractivity (Wildman–Crippen MR) is 197 cm³/mol. The molecule has 16 heteroatoms. The van der Waals surface area contributed by atoms with Gasteiger partial charge in [-0.05, 0) is 62.1 Å². The largest absolute Gasteiger partial charge is 0.346 e. The lowest BCUT2D eigenvalue weighted by Gasteiger charge is -2.33. The fourth-order valence-corrected chi connectivity index (χ4v) is 7.79. The summed E-state index contributed by atoms with van der Waals surface area (Å²) in [5.74, 6) is 0.102. The van der Waals surface area contributed by atoms with E-state index in [1.165, 1.54) is 12.1 Å². The lowest BCUT2D eigenvalue weighted by Crippen LogP contribution is -2.39. The van der Waals surface area contributed by atoms with Crippen LogP contribution in [0.25, 0.3) is 0 Å². The third-order valence-corrected chi connectivity index (χ3v) is 11.1. The minimum absolute atomic E-state index is 0.00315.